The summed E-state index contributed by atoms with van der Waals surface area (Å²) in [6.45, 7) is -0.376. The highest BCUT2D eigenvalue weighted by atomic mass is 19.3. The lowest BCUT2D eigenvalue weighted by Crippen LogP contribution is -2.32. The number of amides is 1. The van der Waals surface area contributed by atoms with Crippen LogP contribution >= 0.6 is 0 Å². The quantitative estimate of drug-likeness (QED) is 0.658. The number of halogens is 2. The molecule has 0 unspecified atom stereocenters. The first-order chi connectivity index (χ1) is 14.0. The second-order valence-corrected chi connectivity index (χ2v) is 6.82. The third-order valence-electron chi connectivity index (χ3n) is 4.74. The first kappa shape index (κ1) is 19.3. The molecule has 0 bridgehead atoms. The van der Waals surface area contributed by atoms with Gasteiger partial charge < -0.3 is 23.8 Å². The van der Waals surface area contributed by atoms with E-state index in [1.54, 1.807) is 42.2 Å². The minimum atomic E-state index is -2.93. The van der Waals surface area contributed by atoms with Gasteiger partial charge >= 0.3 is 6.61 Å². The Kier molecular flexibility index (Phi) is 5.42. The normalized spacial score (nSPS) is 14.8. The summed E-state index contributed by atoms with van der Waals surface area (Å²) in [5, 5.41) is 0. The number of hydrogen-bond acceptors (Lipinski definition) is 5. The summed E-state index contributed by atoms with van der Waals surface area (Å²) in [6.07, 6.45) is 1.86. The van der Waals surface area contributed by atoms with E-state index >= 15 is 0 Å². The number of fused-ring (bicyclic) bond motifs is 1. The van der Waals surface area contributed by atoms with Crippen LogP contribution in [0.2, 0.25) is 0 Å². The van der Waals surface area contributed by atoms with Crippen LogP contribution < -0.4 is 18.9 Å². The molecule has 0 radical (unpaired) electrons. The van der Waals surface area contributed by atoms with E-state index in [9.17, 15) is 13.6 Å². The van der Waals surface area contributed by atoms with Crippen LogP contribution in [0.1, 0.15) is 35.7 Å². The van der Waals surface area contributed by atoms with Crippen LogP contribution in [0.5, 0.6) is 23.0 Å². The number of ether oxygens (including phenoxy) is 4. The Morgan fingerprint density at radius 1 is 1.14 bits per heavy atom. The minimum absolute atomic E-state index is 0.0225. The molecule has 0 N–H and O–H groups in total. The predicted octanol–water partition coefficient (Wildman–Crippen LogP) is 4.22. The fourth-order valence-electron chi connectivity index (χ4n) is 3.26. The van der Waals surface area contributed by atoms with Gasteiger partial charge in [-0.3, -0.25) is 4.79 Å². The molecular weight excluding hydrogens is 384 g/mol. The van der Waals surface area contributed by atoms with E-state index in [-0.39, 0.29) is 30.2 Å². The Hall–Kier alpha value is -3.03. The van der Waals surface area contributed by atoms with Gasteiger partial charge in [0.25, 0.3) is 5.91 Å². The van der Waals surface area contributed by atoms with Crippen LogP contribution in [0.15, 0.2) is 36.4 Å². The highest BCUT2D eigenvalue weighted by Gasteiger charge is 2.34. The van der Waals surface area contributed by atoms with Crippen molar-refractivity contribution < 1.29 is 32.5 Å². The molecule has 4 rings (SSSR count). The lowest BCUT2D eigenvalue weighted by molar-refractivity contribution is -0.0514. The monoisotopic (exact) mass is 405 g/mol. The Labute approximate surface area is 166 Å². The first-order valence-corrected chi connectivity index (χ1v) is 9.46. The maximum absolute atomic E-state index is 13.1. The van der Waals surface area contributed by atoms with E-state index in [0.717, 1.165) is 18.4 Å². The second-order valence-electron chi connectivity index (χ2n) is 6.82. The van der Waals surface area contributed by atoms with Crippen molar-refractivity contribution in [3.63, 3.8) is 0 Å². The lowest BCUT2D eigenvalue weighted by Gasteiger charge is -2.23. The van der Waals surface area contributed by atoms with E-state index in [2.05, 4.69) is 4.74 Å². The van der Waals surface area contributed by atoms with Gasteiger partial charge in [-0.2, -0.15) is 8.78 Å². The average molecular weight is 405 g/mol. The minimum Gasteiger partial charge on any atom is -0.490 e. The van der Waals surface area contributed by atoms with Crippen LogP contribution in [-0.4, -0.2) is 36.9 Å². The summed E-state index contributed by atoms with van der Waals surface area (Å²) in [7, 11) is 0. The van der Waals surface area contributed by atoms with Crippen molar-refractivity contribution in [2.45, 2.75) is 39.0 Å². The van der Waals surface area contributed by atoms with Crippen LogP contribution in [0.4, 0.5) is 8.78 Å². The summed E-state index contributed by atoms with van der Waals surface area (Å²) in [5.74, 6) is 1.27. The van der Waals surface area contributed by atoms with Gasteiger partial charge in [0.05, 0.1) is 6.61 Å². The Morgan fingerprint density at radius 3 is 2.66 bits per heavy atom. The molecule has 6 nitrogen and oxygen atoms in total. The Bertz CT molecular complexity index is 901. The van der Waals surface area contributed by atoms with Crippen molar-refractivity contribution in [1.82, 2.24) is 4.90 Å². The van der Waals surface area contributed by atoms with Gasteiger partial charge in [0.1, 0.15) is 0 Å². The van der Waals surface area contributed by atoms with Gasteiger partial charge in [-0.1, -0.05) is 6.07 Å². The topological polar surface area (TPSA) is 57.2 Å². The van der Waals surface area contributed by atoms with Crippen molar-refractivity contribution in [1.29, 1.82) is 0 Å². The number of carbonyl (C=O) groups is 1. The first-order valence-electron chi connectivity index (χ1n) is 9.46. The summed E-state index contributed by atoms with van der Waals surface area (Å²) in [5.41, 5.74) is 1.29. The highest BCUT2D eigenvalue weighted by Crippen LogP contribution is 2.36. The van der Waals surface area contributed by atoms with Crippen molar-refractivity contribution >= 4 is 5.91 Å². The number of rotatable bonds is 8. The molecule has 1 heterocycles. The van der Waals surface area contributed by atoms with Crippen molar-refractivity contribution in [3.8, 4) is 23.0 Å². The van der Waals surface area contributed by atoms with Gasteiger partial charge in [-0.05, 0) is 55.7 Å². The van der Waals surface area contributed by atoms with Crippen LogP contribution in [0, 0.1) is 0 Å². The Balaban J connectivity index is 1.55. The summed E-state index contributed by atoms with van der Waals surface area (Å²) >= 11 is 0. The van der Waals surface area contributed by atoms with Crippen molar-refractivity contribution in [2.75, 3.05) is 13.4 Å². The van der Waals surface area contributed by atoms with Crippen LogP contribution in [0.25, 0.3) is 0 Å². The second kappa shape index (κ2) is 8.14. The molecule has 1 aliphatic heterocycles. The molecule has 2 aliphatic rings. The smallest absolute Gasteiger partial charge is 0.387 e. The zero-order valence-electron chi connectivity index (χ0n) is 15.9. The largest absolute Gasteiger partial charge is 0.490 e. The van der Waals surface area contributed by atoms with E-state index in [4.69, 9.17) is 14.2 Å². The SMILES string of the molecule is CCOc1cc(CN(C(=O)c2ccc3c(c2)OCO3)C2CC2)ccc1OC(F)F. The van der Waals surface area contributed by atoms with Crippen LogP contribution in [-0.2, 0) is 6.54 Å². The van der Waals surface area contributed by atoms with Gasteiger partial charge in [0.15, 0.2) is 23.0 Å². The van der Waals surface area contributed by atoms with Crippen LogP contribution in [0.3, 0.4) is 0 Å². The number of benzene rings is 2. The van der Waals surface area contributed by atoms with Gasteiger partial charge in [-0.15, -0.1) is 0 Å². The fourth-order valence-corrected chi connectivity index (χ4v) is 3.26. The molecule has 1 amide bonds. The third-order valence-corrected chi connectivity index (χ3v) is 4.74. The van der Waals surface area contributed by atoms with Crippen molar-refractivity contribution in [3.05, 3.63) is 47.5 Å². The molecule has 8 heteroatoms. The summed E-state index contributed by atoms with van der Waals surface area (Å²) in [6, 6.07) is 10.0. The standard InChI is InChI=1S/C21H21F2NO5/c1-2-26-18-9-13(3-7-17(18)29-21(22)23)11-24(15-5-6-15)20(25)14-4-8-16-19(10-14)28-12-27-16/h3-4,7-10,15,21H,2,5-6,11-12H2,1H3. The average Bonchev–Trinajstić information content (AvgIpc) is 3.43. The molecule has 2 aromatic rings. The van der Waals surface area contributed by atoms with Gasteiger partial charge in [-0.25, -0.2) is 0 Å². The zero-order valence-corrected chi connectivity index (χ0v) is 15.9. The van der Waals surface area contributed by atoms with E-state index < -0.39 is 6.61 Å². The van der Waals surface area contributed by atoms with Crippen molar-refractivity contribution in [2.24, 2.45) is 0 Å². The molecular formula is C21H21F2NO5. The molecule has 0 atom stereocenters. The number of alkyl halides is 2. The molecule has 154 valence electrons. The molecule has 1 fully saturated rings. The molecule has 1 aliphatic carbocycles. The number of carbonyl (C=O) groups excluding carboxylic acids is 1. The number of hydrogen-bond donors (Lipinski definition) is 0. The predicted molar refractivity (Wildman–Crippen MR) is 99.7 cm³/mol. The molecule has 2 aromatic carbocycles. The molecule has 0 saturated heterocycles. The van der Waals surface area contributed by atoms with E-state index in [0.29, 0.717) is 30.2 Å². The maximum Gasteiger partial charge on any atom is 0.387 e. The van der Waals surface area contributed by atoms with E-state index in [1.807, 2.05) is 0 Å². The summed E-state index contributed by atoms with van der Waals surface area (Å²) < 4.78 is 45.8. The zero-order chi connectivity index (χ0) is 20.4. The fraction of sp³-hybridized carbons (Fsp3) is 0.381. The molecule has 0 spiro atoms. The van der Waals surface area contributed by atoms with E-state index in [1.165, 1.54) is 6.07 Å². The lowest BCUT2D eigenvalue weighted by atomic mass is 10.1. The molecule has 1 saturated carbocycles. The van der Waals surface area contributed by atoms with Gasteiger partial charge in [0.2, 0.25) is 6.79 Å². The summed E-state index contributed by atoms with van der Waals surface area (Å²) in [4.78, 5) is 14.9. The maximum atomic E-state index is 13.1. The molecule has 29 heavy (non-hydrogen) atoms. The Morgan fingerprint density at radius 2 is 1.93 bits per heavy atom. The molecule has 0 aromatic heterocycles. The third kappa shape index (κ3) is 4.36. The highest BCUT2D eigenvalue weighted by molar-refractivity contribution is 5.95. The number of nitrogens with zero attached hydrogens (tertiary/aromatic N) is 1. The van der Waals surface area contributed by atoms with Gasteiger partial charge in [0, 0.05) is 18.2 Å².